The Bertz CT molecular complexity index is 982. The van der Waals surface area contributed by atoms with E-state index in [1.54, 1.807) is 4.31 Å². The fraction of sp³-hybridized carbons (Fsp3) is 0.158. The highest BCUT2D eigenvalue weighted by atomic mass is 32.2. The van der Waals surface area contributed by atoms with E-state index in [1.165, 1.54) is 6.26 Å². The van der Waals surface area contributed by atoms with Gasteiger partial charge in [0.05, 0.1) is 11.8 Å². The van der Waals surface area contributed by atoms with Gasteiger partial charge in [-0.1, -0.05) is 66.7 Å². The molecule has 1 aliphatic rings. The van der Waals surface area contributed by atoms with Crippen LogP contribution in [0.25, 0.3) is 10.8 Å². The van der Waals surface area contributed by atoms with E-state index in [0.717, 1.165) is 21.9 Å². The van der Waals surface area contributed by atoms with Crippen molar-refractivity contribution < 1.29 is 8.42 Å². The maximum atomic E-state index is 12.1. The van der Waals surface area contributed by atoms with Crippen LogP contribution < -0.4 is 0 Å². The molecular weight excluding hydrogens is 306 g/mol. The maximum absolute atomic E-state index is 12.1. The van der Waals surface area contributed by atoms with Crippen LogP contribution in [0, 0.1) is 0 Å². The summed E-state index contributed by atoms with van der Waals surface area (Å²) in [5.41, 5.74) is 1.47. The number of sulfonamides is 1. The molecule has 3 aromatic rings. The van der Waals surface area contributed by atoms with Gasteiger partial charge in [-0.25, -0.2) is 8.42 Å². The van der Waals surface area contributed by atoms with Crippen LogP contribution in [0.3, 0.4) is 0 Å². The van der Waals surface area contributed by atoms with Gasteiger partial charge >= 0.3 is 0 Å². The first-order chi connectivity index (χ1) is 11.0. The molecule has 1 heterocycles. The van der Waals surface area contributed by atoms with Gasteiger partial charge in [0.2, 0.25) is 10.0 Å². The highest BCUT2D eigenvalue weighted by Gasteiger charge is 2.59. The minimum Gasteiger partial charge on any atom is -0.212 e. The number of nitrogens with zero attached hydrogens (tertiary/aromatic N) is 1. The van der Waals surface area contributed by atoms with Crippen LogP contribution in [-0.2, 0) is 15.6 Å². The second kappa shape index (κ2) is 4.91. The minimum atomic E-state index is -3.25. The van der Waals surface area contributed by atoms with Gasteiger partial charge in [0, 0.05) is 6.54 Å². The summed E-state index contributed by atoms with van der Waals surface area (Å²) in [4.78, 5) is 0. The van der Waals surface area contributed by atoms with Crippen molar-refractivity contribution in [3.63, 3.8) is 0 Å². The van der Waals surface area contributed by atoms with Gasteiger partial charge in [-0.3, -0.25) is 0 Å². The number of hydrogen-bond acceptors (Lipinski definition) is 2. The van der Waals surface area contributed by atoms with Crippen molar-refractivity contribution >= 4 is 20.8 Å². The quantitative estimate of drug-likeness (QED) is 0.693. The third-order valence-corrected chi connectivity index (χ3v) is 5.81. The second-order valence-corrected chi connectivity index (χ2v) is 7.96. The van der Waals surface area contributed by atoms with Crippen LogP contribution in [0.4, 0.5) is 0 Å². The monoisotopic (exact) mass is 323 g/mol. The third-order valence-electron chi connectivity index (χ3n) is 4.57. The van der Waals surface area contributed by atoms with Gasteiger partial charge in [0.25, 0.3) is 0 Å². The Balaban J connectivity index is 1.92. The van der Waals surface area contributed by atoms with E-state index >= 15 is 0 Å². The van der Waals surface area contributed by atoms with Crippen molar-refractivity contribution in [2.45, 2.75) is 5.54 Å². The summed E-state index contributed by atoms with van der Waals surface area (Å²) in [6, 6.07) is 24.2. The molecule has 1 saturated heterocycles. The molecule has 3 nitrogen and oxygen atoms in total. The van der Waals surface area contributed by atoms with Crippen LogP contribution >= 0.6 is 0 Å². The van der Waals surface area contributed by atoms with Gasteiger partial charge in [-0.2, -0.15) is 4.31 Å². The van der Waals surface area contributed by atoms with E-state index in [-0.39, 0.29) is 0 Å². The van der Waals surface area contributed by atoms with Crippen LogP contribution in [0.1, 0.15) is 11.1 Å². The van der Waals surface area contributed by atoms with E-state index in [0.29, 0.717) is 6.54 Å². The molecule has 3 aromatic carbocycles. The topological polar surface area (TPSA) is 37.1 Å². The molecule has 2 atom stereocenters. The van der Waals surface area contributed by atoms with Crippen molar-refractivity contribution in [1.29, 1.82) is 0 Å². The fourth-order valence-electron chi connectivity index (χ4n) is 3.37. The van der Waals surface area contributed by atoms with Gasteiger partial charge in [0.1, 0.15) is 0 Å². The first kappa shape index (κ1) is 14.4. The Hall–Kier alpha value is -2.17. The summed E-state index contributed by atoms with van der Waals surface area (Å²) in [6.45, 7) is 0.494. The first-order valence-electron chi connectivity index (χ1n) is 7.54. The van der Waals surface area contributed by atoms with Crippen LogP contribution in [0.2, 0.25) is 0 Å². The molecule has 1 fully saturated rings. The lowest BCUT2D eigenvalue weighted by Crippen LogP contribution is -2.22. The average molecular weight is 323 g/mol. The Morgan fingerprint density at radius 2 is 1.48 bits per heavy atom. The summed E-state index contributed by atoms with van der Waals surface area (Å²) >= 11 is 0. The van der Waals surface area contributed by atoms with Crippen molar-refractivity contribution in [1.82, 2.24) is 4.31 Å². The maximum Gasteiger partial charge on any atom is 0.212 e. The average Bonchev–Trinajstić information content (AvgIpc) is 3.33. The third kappa shape index (κ3) is 2.26. The zero-order chi connectivity index (χ0) is 16.1. The lowest BCUT2D eigenvalue weighted by Gasteiger charge is -2.19. The molecule has 4 rings (SSSR count). The molecule has 4 heteroatoms. The highest BCUT2D eigenvalue weighted by molar-refractivity contribution is 7.88. The number of rotatable bonds is 3. The molecule has 116 valence electrons. The van der Waals surface area contributed by atoms with Gasteiger partial charge in [-0.05, 0) is 28.0 Å². The summed E-state index contributed by atoms with van der Waals surface area (Å²) in [7, 11) is -3.25. The van der Waals surface area contributed by atoms with E-state index in [9.17, 15) is 8.42 Å². The zero-order valence-corrected chi connectivity index (χ0v) is 13.6. The largest absolute Gasteiger partial charge is 0.212 e. The molecule has 0 bridgehead atoms. The second-order valence-electron chi connectivity index (χ2n) is 6.06. The number of hydrogen-bond donors (Lipinski definition) is 0. The molecule has 23 heavy (non-hydrogen) atoms. The highest BCUT2D eigenvalue weighted by Crippen LogP contribution is 2.50. The summed E-state index contributed by atoms with van der Waals surface area (Å²) < 4.78 is 25.9. The van der Waals surface area contributed by atoms with E-state index < -0.39 is 15.6 Å². The van der Waals surface area contributed by atoms with Gasteiger partial charge < -0.3 is 0 Å². The van der Waals surface area contributed by atoms with Crippen molar-refractivity contribution in [2.75, 3.05) is 12.8 Å². The van der Waals surface area contributed by atoms with Gasteiger partial charge in [0.15, 0.2) is 0 Å². The van der Waals surface area contributed by atoms with E-state index in [4.69, 9.17) is 0 Å². The summed E-state index contributed by atoms with van der Waals surface area (Å²) in [5, 5.41) is 2.28. The molecule has 2 unspecified atom stereocenters. The molecule has 1 aliphatic heterocycles. The summed E-state index contributed by atoms with van der Waals surface area (Å²) in [5.74, 6) is 0. The standard InChI is InChI=1S/C19H17NO2S/c1-23(21,22)20-14-19(20,17-9-3-2-4-10-17)18-12-11-15-7-5-6-8-16(15)13-18/h2-13H,14H2,1H3. The smallest absolute Gasteiger partial charge is 0.212 e. The Morgan fingerprint density at radius 1 is 0.826 bits per heavy atom. The Labute approximate surface area is 136 Å². The summed E-state index contributed by atoms with van der Waals surface area (Å²) in [6.07, 6.45) is 1.28. The lowest BCUT2D eigenvalue weighted by atomic mass is 9.89. The molecule has 0 amide bonds. The van der Waals surface area contributed by atoms with Crippen molar-refractivity contribution in [2.24, 2.45) is 0 Å². The molecule has 0 saturated carbocycles. The lowest BCUT2D eigenvalue weighted by molar-refractivity contribution is 0.540. The van der Waals surface area contributed by atoms with Crippen LogP contribution in [0.15, 0.2) is 72.8 Å². The van der Waals surface area contributed by atoms with Crippen LogP contribution in [-0.4, -0.2) is 25.5 Å². The minimum absolute atomic E-state index is 0.494. The Kier molecular flexibility index (Phi) is 3.08. The molecule has 0 aromatic heterocycles. The van der Waals surface area contributed by atoms with Crippen molar-refractivity contribution in [3.05, 3.63) is 83.9 Å². The SMILES string of the molecule is CS(=O)(=O)N1CC1(c1ccccc1)c1ccc2ccccc2c1. The van der Waals surface area contributed by atoms with Gasteiger partial charge in [-0.15, -0.1) is 0 Å². The first-order valence-corrected chi connectivity index (χ1v) is 9.39. The predicted octanol–water partition coefficient (Wildman–Crippen LogP) is 3.36. The van der Waals surface area contributed by atoms with E-state index in [2.05, 4.69) is 24.3 Å². The molecule has 0 N–H and O–H groups in total. The van der Waals surface area contributed by atoms with Crippen molar-refractivity contribution in [3.8, 4) is 0 Å². The normalized spacial score (nSPS) is 23.8. The molecular formula is C19H17NO2S. The Morgan fingerprint density at radius 3 is 2.13 bits per heavy atom. The molecule has 0 spiro atoms. The van der Waals surface area contributed by atoms with Crippen LogP contribution in [0.5, 0.6) is 0 Å². The van der Waals surface area contributed by atoms with E-state index in [1.807, 2.05) is 48.5 Å². The number of fused-ring (bicyclic) bond motifs is 1. The predicted molar refractivity (Wildman–Crippen MR) is 92.7 cm³/mol. The molecule has 0 radical (unpaired) electrons. The fourth-order valence-corrected chi connectivity index (χ4v) is 4.57. The molecule has 0 aliphatic carbocycles. The zero-order valence-electron chi connectivity index (χ0n) is 12.8. The number of benzene rings is 3.